The molecule has 2 amide bonds. The van der Waals surface area contributed by atoms with Crippen LogP contribution in [0.15, 0.2) is 54.7 Å². The smallest absolute Gasteiger partial charge is 0.404 e. The Balaban J connectivity index is 1.21. The van der Waals surface area contributed by atoms with Crippen molar-refractivity contribution in [3.8, 4) is 22.8 Å². The average molecular weight is 689 g/mol. The molecule has 4 N–H and O–H groups in total. The first-order valence-electron chi connectivity index (χ1n) is 17.8. The molecule has 0 bridgehead atoms. The SMILES string of the molecule is C[C@@H]1CN(Cc2ccc(-c3cccc(Oc4ncc(F)cc4C(=O)N[C@H]4CC[C@H](NC(=O)O)CC4)c3)c(CN3CCOC[C@@H]3C)c2)C[C@H](C)N1. The van der Waals surface area contributed by atoms with E-state index in [0.717, 1.165) is 56.1 Å². The molecule has 3 heterocycles. The molecule has 2 aliphatic heterocycles. The number of rotatable bonds is 10. The van der Waals surface area contributed by atoms with E-state index in [0.29, 0.717) is 62.8 Å². The zero-order valence-electron chi connectivity index (χ0n) is 29.2. The molecule has 0 unspecified atom stereocenters. The molecular formula is C38H49FN6O5. The van der Waals surface area contributed by atoms with Crippen LogP contribution in [0.3, 0.4) is 0 Å². The Labute approximate surface area is 293 Å². The molecule has 6 rings (SSSR count). The van der Waals surface area contributed by atoms with Crippen molar-refractivity contribution >= 4 is 12.0 Å². The van der Waals surface area contributed by atoms with Crippen LogP contribution in [0.4, 0.5) is 9.18 Å². The lowest BCUT2D eigenvalue weighted by Crippen LogP contribution is -2.53. The standard InChI is InChI=1S/C38H49FN6O5/c1-24-19-44(20-25(2)41-24)21-27-7-12-34(29(15-27)22-45-13-14-49-23-26(45)3)28-5-4-6-33(16-28)50-37-35(17-30(39)18-40-37)36(46)42-31-8-10-32(11-9-31)43-38(47)48/h4-7,12,15-18,24-26,31-32,41,43H,8-11,13-14,19-23H2,1-3H3,(H,42,46)(H,47,48)/t24-,25+,26-,31-,32-/m0/s1. The molecule has 1 aromatic heterocycles. The number of nitrogens with zero attached hydrogens (tertiary/aromatic N) is 3. The summed E-state index contributed by atoms with van der Waals surface area (Å²) in [5, 5.41) is 18.1. The molecule has 3 fully saturated rings. The Bertz CT molecular complexity index is 1640. The van der Waals surface area contributed by atoms with Crippen LogP contribution >= 0.6 is 0 Å². The number of pyridine rings is 1. The normalized spacial score (nSPS) is 24.8. The summed E-state index contributed by atoms with van der Waals surface area (Å²) in [6.07, 6.45) is 2.42. The molecule has 3 atom stereocenters. The van der Waals surface area contributed by atoms with Gasteiger partial charge in [-0.2, -0.15) is 0 Å². The summed E-state index contributed by atoms with van der Waals surface area (Å²) in [6.45, 7) is 12.6. The molecule has 0 spiro atoms. The minimum Gasteiger partial charge on any atom is -0.465 e. The molecule has 2 saturated heterocycles. The Morgan fingerprint density at radius 2 is 1.74 bits per heavy atom. The second kappa shape index (κ2) is 16.3. The van der Waals surface area contributed by atoms with E-state index in [9.17, 15) is 14.0 Å². The fraction of sp³-hybridized carbons (Fsp3) is 0.500. The van der Waals surface area contributed by atoms with E-state index in [1.165, 1.54) is 11.1 Å². The Morgan fingerprint density at radius 3 is 2.46 bits per heavy atom. The lowest BCUT2D eigenvalue weighted by Gasteiger charge is -2.36. The van der Waals surface area contributed by atoms with Crippen LogP contribution in [-0.2, 0) is 17.8 Å². The maximum absolute atomic E-state index is 14.4. The molecule has 2 aromatic carbocycles. The number of hydrogen-bond acceptors (Lipinski definition) is 8. The highest BCUT2D eigenvalue weighted by Gasteiger charge is 2.27. The molecule has 50 heavy (non-hydrogen) atoms. The molecule has 3 aromatic rings. The fourth-order valence-electron chi connectivity index (χ4n) is 7.53. The molecule has 3 aliphatic rings. The van der Waals surface area contributed by atoms with E-state index in [2.05, 4.69) is 75.8 Å². The van der Waals surface area contributed by atoms with Crippen molar-refractivity contribution in [3.05, 3.63) is 77.2 Å². The highest BCUT2D eigenvalue weighted by atomic mass is 19.1. The Hall–Kier alpha value is -4.10. The summed E-state index contributed by atoms with van der Waals surface area (Å²) >= 11 is 0. The van der Waals surface area contributed by atoms with Gasteiger partial charge in [-0.1, -0.05) is 30.3 Å². The predicted molar refractivity (Wildman–Crippen MR) is 189 cm³/mol. The van der Waals surface area contributed by atoms with Crippen molar-refractivity contribution in [3.63, 3.8) is 0 Å². The second-order valence-corrected chi connectivity index (χ2v) is 14.2. The summed E-state index contributed by atoms with van der Waals surface area (Å²) in [5.41, 5.74) is 4.56. The van der Waals surface area contributed by atoms with Crippen molar-refractivity contribution in [2.75, 3.05) is 32.8 Å². The van der Waals surface area contributed by atoms with E-state index in [-0.39, 0.29) is 23.5 Å². The van der Waals surface area contributed by atoms with Gasteiger partial charge in [0.15, 0.2) is 0 Å². The monoisotopic (exact) mass is 688 g/mol. The van der Waals surface area contributed by atoms with Gasteiger partial charge in [-0.15, -0.1) is 0 Å². The van der Waals surface area contributed by atoms with Gasteiger partial charge in [-0.3, -0.25) is 14.6 Å². The highest BCUT2D eigenvalue weighted by molar-refractivity contribution is 5.96. The summed E-state index contributed by atoms with van der Waals surface area (Å²) in [4.78, 5) is 33.5. The third-order valence-electron chi connectivity index (χ3n) is 9.90. The number of hydrogen-bond donors (Lipinski definition) is 4. The number of carbonyl (C=O) groups is 2. The van der Waals surface area contributed by atoms with E-state index < -0.39 is 17.8 Å². The first-order valence-corrected chi connectivity index (χ1v) is 17.8. The zero-order valence-corrected chi connectivity index (χ0v) is 29.2. The van der Waals surface area contributed by atoms with Crippen LogP contribution < -0.4 is 20.7 Å². The summed E-state index contributed by atoms with van der Waals surface area (Å²) < 4.78 is 26.3. The first-order chi connectivity index (χ1) is 24.1. The molecule has 11 nitrogen and oxygen atoms in total. The van der Waals surface area contributed by atoms with Gasteiger partial charge < -0.3 is 30.5 Å². The minimum atomic E-state index is -1.05. The predicted octanol–water partition coefficient (Wildman–Crippen LogP) is 5.39. The minimum absolute atomic E-state index is 0.00378. The van der Waals surface area contributed by atoms with Crippen molar-refractivity contribution in [2.45, 2.75) is 89.8 Å². The summed E-state index contributed by atoms with van der Waals surface area (Å²) in [6, 6.07) is 16.5. The number of amides is 2. The number of piperazine rings is 1. The number of nitrogens with one attached hydrogen (secondary N) is 3. The van der Waals surface area contributed by atoms with Crippen LogP contribution in [0.2, 0.25) is 0 Å². The van der Waals surface area contributed by atoms with Crippen molar-refractivity contribution < 1.29 is 28.6 Å². The van der Waals surface area contributed by atoms with E-state index in [4.69, 9.17) is 14.6 Å². The molecule has 1 aliphatic carbocycles. The average Bonchev–Trinajstić information content (AvgIpc) is 3.07. The third-order valence-corrected chi connectivity index (χ3v) is 9.90. The van der Waals surface area contributed by atoms with Crippen molar-refractivity contribution in [1.29, 1.82) is 0 Å². The van der Waals surface area contributed by atoms with Gasteiger partial charge in [0.2, 0.25) is 5.88 Å². The lowest BCUT2D eigenvalue weighted by molar-refractivity contribution is -0.00431. The van der Waals surface area contributed by atoms with Crippen LogP contribution in [-0.4, -0.2) is 94.9 Å². The summed E-state index contributed by atoms with van der Waals surface area (Å²) in [5.74, 6) is -0.630. The maximum Gasteiger partial charge on any atom is 0.404 e. The topological polar surface area (TPSA) is 128 Å². The molecule has 268 valence electrons. The summed E-state index contributed by atoms with van der Waals surface area (Å²) in [7, 11) is 0. The number of carbonyl (C=O) groups excluding carboxylic acids is 1. The van der Waals surface area contributed by atoms with Crippen LogP contribution in [0.1, 0.15) is 67.9 Å². The van der Waals surface area contributed by atoms with Crippen molar-refractivity contribution in [2.24, 2.45) is 0 Å². The van der Waals surface area contributed by atoms with Gasteiger partial charge in [0, 0.05) is 62.9 Å². The fourth-order valence-corrected chi connectivity index (χ4v) is 7.53. The van der Waals surface area contributed by atoms with E-state index in [1.54, 1.807) is 6.07 Å². The van der Waals surface area contributed by atoms with Gasteiger partial charge >= 0.3 is 6.09 Å². The molecule has 1 saturated carbocycles. The zero-order chi connectivity index (χ0) is 35.2. The van der Waals surface area contributed by atoms with Gasteiger partial charge in [-0.05, 0) is 86.9 Å². The number of carboxylic acid groups (broad SMARTS) is 1. The highest BCUT2D eigenvalue weighted by Crippen LogP contribution is 2.32. The van der Waals surface area contributed by atoms with Crippen LogP contribution in [0.5, 0.6) is 11.6 Å². The molecular weight excluding hydrogens is 639 g/mol. The number of halogens is 1. The van der Waals surface area contributed by atoms with Crippen LogP contribution in [0, 0.1) is 5.82 Å². The molecule has 12 heteroatoms. The second-order valence-electron chi connectivity index (χ2n) is 14.2. The number of benzene rings is 2. The van der Waals surface area contributed by atoms with Gasteiger partial charge in [0.25, 0.3) is 5.91 Å². The van der Waals surface area contributed by atoms with Crippen LogP contribution in [0.25, 0.3) is 11.1 Å². The van der Waals surface area contributed by atoms with Gasteiger partial charge in [-0.25, -0.2) is 14.2 Å². The lowest BCUT2D eigenvalue weighted by atomic mass is 9.91. The first kappa shape index (κ1) is 35.7. The van der Waals surface area contributed by atoms with Crippen molar-refractivity contribution in [1.82, 2.24) is 30.7 Å². The number of ether oxygens (including phenoxy) is 2. The van der Waals surface area contributed by atoms with Gasteiger partial charge in [0.05, 0.1) is 19.4 Å². The largest absolute Gasteiger partial charge is 0.465 e. The Kier molecular flexibility index (Phi) is 11.6. The number of morpholine rings is 1. The van der Waals surface area contributed by atoms with Gasteiger partial charge in [0.1, 0.15) is 17.1 Å². The quantitative estimate of drug-likeness (QED) is 0.222. The number of aromatic nitrogens is 1. The van der Waals surface area contributed by atoms with E-state index >= 15 is 0 Å². The molecule has 0 radical (unpaired) electrons. The third kappa shape index (κ3) is 9.36. The Morgan fingerprint density at radius 1 is 1.00 bits per heavy atom. The maximum atomic E-state index is 14.4. The van der Waals surface area contributed by atoms with E-state index in [1.807, 2.05) is 12.1 Å².